The Morgan fingerprint density at radius 2 is 2.24 bits per heavy atom. The quantitative estimate of drug-likeness (QED) is 0.756. The normalized spacial score (nSPS) is 11.9. The van der Waals surface area contributed by atoms with Gasteiger partial charge in [0, 0.05) is 18.8 Å². The molecular weight excluding hydrogens is 212 g/mol. The number of rotatable bonds is 6. The van der Waals surface area contributed by atoms with Crippen LogP contribution in [0.3, 0.4) is 0 Å². The second kappa shape index (κ2) is 6.85. The Kier molecular flexibility index (Phi) is 5.41. The molecule has 1 aromatic rings. The van der Waals surface area contributed by atoms with Crippen LogP contribution in [0, 0.1) is 11.3 Å². The molecule has 0 amide bonds. The lowest BCUT2D eigenvalue weighted by Crippen LogP contribution is -2.35. The highest BCUT2D eigenvalue weighted by Crippen LogP contribution is 2.14. The molecule has 0 aliphatic carbocycles. The lowest BCUT2D eigenvalue weighted by atomic mass is 10.2. The minimum atomic E-state index is 0.399. The van der Waals surface area contributed by atoms with Gasteiger partial charge >= 0.3 is 0 Å². The maximum absolute atomic E-state index is 8.86. The number of nitrogens with zero attached hydrogens (tertiary/aromatic N) is 4. The fourth-order valence-corrected chi connectivity index (χ4v) is 1.62. The summed E-state index contributed by atoms with van der Waals surface area (Å²) in [5, 5.41) is 8.86. The number of hydrogen-bond acceptors (Lipinski definition) is 4. The monoisotopic (exact) mass is 232 g/mol. The van der Waals surface area contributed by atoms with Gasteiger partial charge in [-0.1, -0.05) is 20.3 Å². The van der Waals surface area contributed by atoms with Gasteiger partial charge in [0.2, 0.25) is 5.95 Å². The average Bonchev–Trinajstić information content (AvgIpc) is 2.39. The predicted octanol–water partition coefficient (Wildman–Crippen LogP) is 2.75. The zero-order valence-corrected chi connectivity index (χ0v) is 10.8. The molecule has 4 heteroatoms. The van der Waals surface area contributed by atoms with Crippen LogP contribution < -0.4 is 4.90 Å². The van der Waals surface area contributed by atoms with Gasteiger partial charge in [-0.15, -0.1) is 0 Å². The van der Waals surface area contributed by atoms with Crippen LogP contribution in [0.15, 0.2) is 12.3 Å². The SMILES string of the molecule is CCCCN(c1nccc(C#N)n1)C(C)CC. The van der Waals surface area contributed by atoms with E-state index in [-0.39, 0.29) is 0 Å². The first-order chi connectivity index (χ1) is 8.22. The number of unbranched alkanes of at least 4 members (excludes halogenated alkanes) is 1. The first kappa shape index (κ1) is 13.4. The summed E-state index contributed by atoms with van der Waals surface area (Å²) >= 11 is 0. The highest BCUT2D eigenvalue weighted by molar-refractivity contribution is 5.34. The van der Waals surface area contributed by atoms with Gasteiger partial charge in [0.25, 0.3) is 0 Å². The van der Waals surface area contributed by atoms with Crippen LogP contribution in [0.1, 0.15) is 45.7 Å². The molecule has 0 aliphatic heterocycles. The summed E-state index contributed by atoms with van der Waals surface area (Å²) in [5.41, 5.74) is 0.430. The second-order valence-electron chi connectivity index (χ2n) is 4.16. The first-order valence-corrected chi connectivity index (χ1v) is 6.22. The Labute approximate surface area is 103 Å². The minimum absolute atomic E-state index is 0.399. The summed E-state index contributed by atoms with van der Waals surface area (Å²) in [7, 11) is 0. The van der Waals surface area contributed by atoms with E-state index in [2.05, 4.69) is 41.7 Å². The Morgan fingerprint density at radius 3 is 2.82 bits per heavy atom. The van der Waals surface area contributed by atoms with E-state index in [0.29, 0.717) is 17.7 Å². The molecule has 0 aliphatic rings. The van der Waals surface area contributed by atoms with Gasteiger partial charge in [0.1, 0.15) is 11.8 Å². The molecule has 0 radical (unpaired) electrons. The van der Waals surface area contributed by atoms with E-state index in [1.165, 1.54) is 0 Å². The predicted molar refractivity (Wildman–Crippen MR) is 68.8 cm³/mol. The van der Waals surface area contributed by atoms with E-state index < -0.39 is 0 Å². The number of aromatic nitrogens is 2. The van der Waals surface area contributed by atoms with Gasteiger partial charge in [-0.3, -0.25) is 0 Å². The minimum Gasteiger partial charge on any atom is -0.338 e. The molecule has 92 valence electrons. The fourth-order valence-electron chi connectivity index (χ4n) is 1.62. The van der Waals surface area contributed by atoms with Crippen LogP contribution in [0.2, 0.25) is 0 Å². The third kappa shape index (κ3) is 3.70. The summed E-state index contributed by atoms with van der Waals surface area (Å²) in [6.07, 6.45) is 4.96. The third-order valence-corrected chi connectivity index (χ3v) is 2.89. The second-order valence-corrected chi connectivity index (χ2v) is 4.16. The summed E-state index contributed by atoms with van der Waals surface area (Å²) in [4.78, 5) is 10.7. The molecular formula is C13H20N4. The summed E-state index contributed by atoms with van der Waals surface area (Å²) < 4.78 is 0. The molecule has 0 aromatic carbocycles. The van der Waals surface area contributed by atoms with E-state index in [4.69, 9.17) is 5.26 Å². The van der Waals surface area contributed by atoms with Crippen molar-refractivity contribution in [2.75, 3.05) is 11.4 Å². The van der Waals surface area contributed by atoms with Gasteiger partial charge in [0.15, 0.2) is 0 Å². The van der Waals surface area contributed by atoms with Crippen molar-refractivity contribution in [1.82, 2.24) is 9.97 Å². The number of nitriles is 1. The molecule has 4 nitrogen and oxygen atoms in total. The molecule has 0 saturated carbocycles. The maximum atomic E-state index is 8.86. The molecule has 0 bridgehead atoms. The smallest absolute Gasteiger partial charge is 0.226 e. The third-order valence-electron chi connectivity index (χ3n) is 2.89. The Bertz CT molecular complexity index is 383. The van der Waals surface area contributed by atoms with Crippen molar-refractivity contribution in [2.24, 2.45) is 0 Å². The standard InChI is InChI=1S/C13H20N4/c1-4-6-9-17(11(3)5-2)13-15-8-7-12(10-14)16-13/h7-8,11H,4-6,9H2,1-3H3. The van der Waals surface area contributed by atoms with Gasteiger partial charge in [-0.2, -0.15) is 5.26 Å². The van der Waals surface area contributed by atoms with E-state index >= 15 is 0 Å². The average molecular weight is 232 g/mol. The van der Waals surface area contributed by atoms with Crippen molar-refractivity contribution < 1.29 is 0 Å². The molecule has 1 atom stereocenters. The van der Waals surface area contributed by atoms with Crippen LogP contribution in [0.25, 0.3) is 0 Å². The molecule has 1 unspecified atom stereocenters. The van der Waals surface area contributed by atoms with Crippen LogP contribution in [-0.4, -0.2) is 22.6 Å². The molecule has 1 rings (SSSR count). The van der Waals surface area contributed by atoms with Gasteiger partial charge in [-0.05, 0) is 25.8 Å². The van der Waals surface area contributed by atoms with Crippen LogP contribution in [0.4, 0.5) is 5.95 Å². The van der Waals surface area contributed by atoms with E-state index in [1.807, 2.05) is 0 Å². The topological polar surface area (TPSA) is 52.8 Å². The zero-order chi connectivity index (χ0) is 12.7. The van der Waals surface area contributed by atoms with E-state index in [9.17, 15) is 0 Å². The molecule has 1 aromatic heterocycles. The lowest BCUT2D eigenvalue weighted by Gasteiger charge is -2.28. The molecule has 17 heavy (non-hydrogen) atoms. The number of hydrogen-bond donors (Lipinski definition) is 0. The van der Waals surface area contributed by atoms with Crippen molar-refractivity contribution in [3.63, 3.8) is 0 Å². The van der Waals surface area contributed by atoms with Crippen molar-refractivity contribution in [2.45, 2.75) is 46.1 Å². The highest BCUT2D eigenvalue weighted by Gasteiger charge is 2.15. The molecule has 0 saturated heterocycles. The first-order valence-electron chi connectivity index (χ1n) is 6.22. The van der Waals surface area contributed by atoms with Gasteiger partial charge in [-0.25, -0.2) is 9.97 Å². The van der Waals surface area contributed by atoms with Crippen molar-refractivity contribution >= 4 is 5.95 Å². The molecule has 1 heterocycles. The fraction of sp³-hybridized carbons (Fsp3) is 0.615. The summed E-state index contributed by atoms with van der Waals surface area (Å²) in [6, 6.07) is 4.09. The molecule has 0 spiro atoms. The lowest BCUT2D eigenvalue weighted by molar-refractivity contribution is 0.582. The Morgan fingerprint density at radius 1 is 1.47 bits per heavy atom. The van der Waals surface area contributed by atoms with Crippen LogP contribution >= 0.6 is 0 Å². The maximum Gasteiger partial charge on any atom is 0.226 e. The van der Waals surface area contributed by atoms with E-state index in [0.717, 1.165) is 25.8 Å². The summed E-state index contributed by atoms with van der Waals surface area (Å²) in [5.74, 6) is 0.673. The zero-order valence-electron chi connectivity index (χ0n) is 10.8. The summed E-state index contributed by atoms with van der Waals surface area (Å²) in [6.45, 7) is 7.43. The highest BCUT2D eigenvalue weighted by atomic mass is 15.3. The van der Waals surface area contributed by atoms with Gasteiger partial charge < -0.3 is 4.90 Å². The Hall–Kier alpha value is -1.63. The van der Waals surface area contributed by atoms with Crippen molar-refractivity contribution in [1.29, 1.82) is 5.26 Å². The molecule has 0 N–H and O–H groups in total. The van der Waals surface area contributed by atoms with Crippen molar-refractivity contribution in [3.05, 3.63) is 18.0 Å². The van der Waals surface area contributed by atoms with Gasteiger partial charge in [0.05, 0.1) is 0 Å². The van der Waals surface area contributed by atoms with Crippen LogP contribution in [0.5, 0.6) is 0 Å². The Balaban J connectivity index is 2.91. The number of anilines is 1. The van der Waals surface area contributed by atoms with Crippen molar-refractivity contribution in [3.8, 4) is 6.07 Å². The van der Waals surface area contributed by atoms with Crippen LogP contribution in [-0.2, 0) is 0 Å². The molecule has 0 fully saturated rings. The largest absolute Gasteiger partial charge is 0.338 e. The van der Waals surface area contributed by atoms with E-state index in [1.54, 1.807) is 12.3 Å².